The van der Waals surface area contributed by atoms with Crippen molar-refractivity contribution in [2.75, 3.05) is 13.2 Å². The second kappa shape index (κ2) is 18.5. The molecule has 10 N–H and O–H groups in total. The van der Waals surface area contributed by atoms with Gasteiger partial charge in [0.2, 0.25) is 6.29 Å². The molecule has 0 aromatic carbocycles. The van der Waals surface area contributed by atoms with Crippen molar-refractivity contribution in [3.63, 3.8) is 0 Å². The number of allylic oxidation sites excluding steroid dienone is 2. The molecule has 380 valence electrons. The van der Waals surface area contributed by atoms with E-state index in [0.29, 0.717) is 32.1 Å². The predicted molar refractivity (Wildman–Crippen MR) is 230 cm³/mol. The first-order valence-electron chi connectivity index (χ1n) is 24.1. The van der Waals surface area contributed by atoms with Gasteiger partial charge in [-0.1, -0.05) is 45.1 Å². The number of carbonyl (C=O) groups excluding carboxylic acids is 2. The maximum absolute atomic E-state index is 15.0. The average Bonchev–Trinajstić information content (AvgIpc) is 3.64. The number of ether oxygens (including phenoxy) is 7. The monoisotopic (exact) mass is 954 g/mol. The lowest BCUT2D eigenvalue weighted by molar-refractivity contribution is -0.361. The maximum atomic E-state index is 15.0. The fourth-order valence-electron chi connectivity index (χ4n) is 15.0. The Morgan fingerprint density at radius 1 is 0.731 bits per heavy atom. The molecule has 0 bridgehead atoms. The molecule has 26 atom stereocenters. The van der Waals surface area contributed by atoms with Crippen molar-refractivity contribution in [1.82, 2.24) is 0 Å². The number of fused-ring (bicyclic) bond motifs is 4. The van der Waals surface area contributed by atoms with Crippen molar-refractivity contribution < 1.29 is 93.8 Å². The van der Waals surface area contributed by atoms with Gasteiger partial charge in [-0.15, -0.1) is 0 Å². The van der Waals surface area contributed by atoms with Crippen molar-refractivity contribution in [2.24, 2.45) is 51.2 Å². The molecule has 4 heterocycles. The molecule has 8 fully saturated rings. The lowest BCUT2D eigenvalue weighted by Crippen LogP contribution is -2.69. The Kier molecular flexibility index (Phi) is 14.1. The molecule has 0 radical (unpaired) electrons. The minimum Gasteiger partial charge on any atom is -0.462 e. The third kappa shape index (κ3) is 7.98. The van der Waals surface area contributed by atoms with Crippen LogP contribution in [-0.2, 0) is 42.7 Å². The molecule has 0 aromatic rings. The molecular weight excluding hydrogens is 881 g/mol. The predicted octanol–water partition coefficient (Wildman–Crippen LogP) is -0.294. The topological polar surface area (TPSA) is 301 Å². The summed E-state index contributed by atoms with van der Waals surface area (Å²) in [6.45, 7) is 19.3. The van der Waals surface area contributed by atoms with Crippen LogP contribution in [-0.4, -0.2) is 181 Å². The Hall–Kier alpha value is -2.18. The van der Waals surface area contributed by atoms with Gasteiger partial charge in [0.1, 0.15) is 73.2 Å². The number of rotatable bonds is 10. The molecule has 67 heavy (non-hydrogen) atoms. The second-order valence-electron chi connectivity index (χ2n) is 22.1. The van der Waals surface area contributed by atoms with E-state index in [-0.39, 0.29) is 41.4 Å². The van der Waals surface area contributed by atoms with E-state index < -0.39 is 146 Å². The Labute approximate surface area is 391 Å². The molecule has 0 aromatic heterocycles. The van der Waals surface area contributed by atoms with E-state index in [2.05, 4.69) is 33.9 Å². The highest BCUT2D eigenvalue weighted by Gasteiger charge is 2.75. The van der Waals surface area contributed by atoms with Crippen LogP contribution in [0, 0.1) is 51.2 Å². The first kappa shape index (κ1) is 51.2. The zero-order chi connectivity index (χ0) is 49.0. The number of aliphatic hydroxyl groups excluding tert-OH is 10. The SMILES string of the molecule is C=C(C)[C@@H]1CC[C@]2(C(=O)O[C@@H]3O[C@H](CO[C@@H]4O[C@H](CO)[C@@H](O[C@@H]5O[C@@H](C)[C@H](O)[C@@H](O)[C@H]5O)[C@H](O)[C@H]4O)[C@@H](O)[C@H](O)[C@H]3O)CC[C@]3(C)[C@H](C[C@H]4OC(=O)C[C@@H](O)[C@]5(C)[C@@H]4[C@@]3(C)CC[C@H]5C(=C)C)[C@H]12. The van der Waals surface area contributed by atoms with Crippen LogP contribution in [0.3, 0.4) is 0 Å². The van der Waals surface area contributed by atoms with Crippen LogP contribution < -0.4 is 0 Å². The van der Waals surface area contributed by atoms with Crippen LogP contribution >= 0.6 is 0 Å². The smallest absolute Gasteiger partial charge is 0.314 e. The summed E-state index contributed by atoms with van der Waals surface area (Å²) in [7, 11) is 0. The second-order valence-corrected chi connectivity index (χ2v) is 22.1. The van der Waals surface area contributed by atoms with Gasteiger partial charge in [0.25, 0.3) is 0 Å². The van der Waals surface area contributed by atoms with Crippen LogP contribution in [0.2, 0.25) is 0 Å². The largest absolute Gasteiger partial charge is 0.462 e. The molecule has 4 saturated heterocycles. The van der Waals surface area contributed by atoms with Gasteiger partial charge in [-0.25, -0.2) is 0 Å². The quantitative estimate of drug-likeness (QED) is 0.0994. The molecule has 0 unspecified atom stereocenters. The molecule has 8 rings (SSSR count). The number of hydrogen-bond donors (Lipinski definition) is 10. The van der Waals surface area contributed by atoms with Gasteiger partial charge in [-0.05, 0) is 100 Å². The molecule has 4 saturated carbocycles. The summed E-state index contributed by atoms with van der Waals surface area (Å²) in [6.07, 6.45) is -22.1. The molecule has 0 amide bonds. The third-order valence-corrected chi connectivity index (χ3v) is 18.8. The molecule has 8 aliphatic rings. The standard InChI is InChI=1S/C48H74O19/c1-19(2)22-9-12-48(14-13-45(6)24(30(22)48)15-25-40-46(45,7)11-10-23(20(3)4)47(40,8)28(50)16-29(51)63-25)44(60)67-43-37(58)34(55)32(53)27(65-43)18-61-41-38(59)35(56)39(26(17-49)64-41)66-42-36(57)33(54)31(52)21(5)62-42/h21-28,30-43,49-50,52-59H,1,3,9-18H2,2,4-8H3/t21-,22-,23-,24+,25+,26+,27+,28+,30-,31-,32+,33+,34-,35+,36+,37+,38+,39+,40-,41+,42-,43-,45+,46+,47+,48-/m0/s1. The van der Waals surface area contributed by atoms with E-state index in [1.165, 1.54) is 6.92 Å². The van der Waals surface area contributed by atoms with Gasteiger partial charge in [0, 0.05) is 11.3 Å². The van der Waals surface area contributed by atoms with Crippen molar-refractivity contribution in [3.05, 3.63) is 24.3 Å². The lowest BCUT2D eigenvalue weighted by Gasteiger charge is -2.71. The van der Waals surface area contributed by atoms with E-state index in [9.17, 15) is 55.9 Å². The van der Waals surface area contributed by atoms with Crippen molar-refractivity contribution in [2.45, 2.75) is 197 Å². The van der Waals surface area contributed by atoms with Crippen molar-refractivity contribution in [3.8, 4) is 0 Å². The summed E-state index contributed by atoms with van der Waals surface area (Å²) in [5.41, 5.74) is -0.717. The number of esters is 2. The van der Waals surface area contributed by atoms with Crippen LogP contribution in [0.15, 0.2) is 24.3 Å². The fourth-order valence-corrected chi connectivity index (χ4v) is 15.0. The van der Waals surface area contributed by atoms with Gasteiger partial charge in [-0.2, -0.15) is 0 Å². The highest BCUT2D eigenvalue weighted by Crippen LogP contribution is 2.77. The van der Waals surface area contributed by atoms with Gasteiger partial charge < -0.3 is 84.2 Å². The normalized spacial score (nSPS) is 54.1. The van der Waals surface area contributed by atoms with Gasteiger partial charge in [0.15, 0.2) is 12.6 Å². The van der Waals surface area contributed by atoms with E-state index in [1.54, 1.807) is 0 Å². The van der Waals surface area contributed by atoms with Gasteiger partial charge in [-0.3, -0.25) is 9.59 Å². The zero-order valence-electron chi connectivity index (χ0n) is 39.3. The molecule has 4 aliphatic heterocycles. The molecular formula is C48H74O19. The van der Waals surface area contributed by atoms with Gasteiger partial charge >= 0.3 is 11.9 Å². The number of hydrogen-bond acceptors (Lipinski definition) is 19. The lowest BCUT2D eigenvalue weighted by atomic mass is 9.33. The average molecular weight is 955 g/mol. The molecule has 19 heteroatoms. The van der Waals surface area contributed by atoms with Crippen LogP contribution in [0.1, 0.15) is 92.9 Å². The number of aliphatic hydroxyl groups is 10. The van der Waals surface area contributed by atoms with E-state index in [1.807, 2.05) is 13.8 Å². The summed E-state index contributed by atoms with van der Waals surface area (Å²) >= 11 is 0. The van der Waals surface area contributed by atoms with Crippen molar-refractivity contribution in [1.29, 1.82) is 0 Å². The van der Waals surface area contributed by atoms with E-state index in [4.69, 9.17) is 33.2 Å². The summed E-state index contributed by atoms with van der Waals surface area (Å²) in [5, 5.41) is 108. The van der Waals surface area contributed by atoms with E-state index >= 15 is 4.79 Å². The van der Waals surface area contributed by atoms with Gasteiger partial charge in [0.05, 0.1) is 37.3 Å². The minimum atomic E-state index is -1.89. The van der Waals surface area contributed by atoms with Crippen molar-refractivity contribution >= 4 is 11.9 Å². The Bertz CT molecular complexity index is 1880. The molecule has 0 spiro atoms. The highest BCUT2D eigenvalue weighted by atomic mass is 16.8. The summed E-state index contributed by atoms with van der Waals surface area (Å²) in [6, 6.07) is 0. The molecule has 4 aliphatic carbocycles. The van der Waals surface area contributed by atoms with Crippen LogP contribution in [0.5, 0.6) is 0 Å². The first-order chi connectivity index (χ1) is 31.4. The zero-order valence-corrected chi connectivity index (χ0v) is 39.3. The molecule has 19 nitrogen and oxygen atoms in total. The Balaban J connectivity index is 0.998. The number of carbonyl (C=O) groups is 2. The summed E-state index contributed by atoms with van der Waals surface area (Å²) < 4.78 is 41.0. The highest BCUT2D eigenvalue weighted by molar-refractivity contribution is 5.78. The summed E-state index contributed by atoms with van der Waals surface area (Å²) in [5.74, 6) is -1.91. The van der Waals surface area contributed by atoms with Crippen LogP contribution in [0.25, 0.3) is 0 Å². The maximum Gasteiger partial charge on any atom is 0.314 e. The minimum absolute atomic E-state index is 0.0263. The fraction of sp³-hybridized carbons (Fsp3) is 0.875. The summed E-state index contributed by atoms with van der Waals surface area (Å²) in [4.78, 5) is 28.5. The Morgan fingerprint density at radius 3 is 2.03 bits per heavy atom. The van der Waals surface area contributed by atoms with Crippen LogP contribution in [0.4, 0.5) is 0 Å². The van der Waals surface area contributed by atoms with E-state index in [0.717, 1.165) is 24.0 Å². The first-order valence-corrected chi connectivity index (χ1v) is 24.1. The Morgan fingerprint density at radius 2 is 1.37 bits per heavy atom. The third-order valence-electron chi connectivity index (χ3n) is 18.8.